The SMILES string of the molecule is C=CCn1c(CCN2CCCCC2)nnc1SCC(=O)Nc1cccc(Cl)c1. The zero-order valence-corrected chi connectivity index (χ0v) is 17.5. The van der Waals surface area contributed by atoms with E-state index in [2.05, 4.69) is 27.0 Å². The standard InChI is InChI=1S/C20H26ClN5OS/c1-2-10-26-18(9-13-25-11-4-3-5-12-25)23-24-20(26)28-15-19(27)22-17-8-6-7-16(21)14-17/h2,6-8,14H,1,3-5,9-13,15H2,(H,22,27). The fourth-order valence-corrected chi connectivity index (χ4v) is 4.21. The second-order valence-corrected chi connectivity index (χ2v) is 8.18. The number of aromatic nitrogens is 3. The first-order valence-electron chi connectivity index (χ1n) is 9.59. The first-order valence-corrected chi connectivity index (χ1v) is 11.0. The van der Waals surface area contributed by atoms with Crippen molar-refractivity contribution in [3.05, 3.63) is 47.8 Å². The van der Waals surface area contributed by atoms with Gasteiger partial charge in [-0.05, 0) is 44.1 Å². The second kappa shape index (κ2) is 10.6. The number of nitrogens with one attached hydrogen (secondary N) is 1. The van der Waals surface area contributed by atoms with Gasteiger partial charge in [0.1, 0.15) is 5.82 Å². The van der Waals surface area contributed by atoms with Gasteiger partial charge in [-0.15, -0.1) is 16.8 Å². The van der Waals surface area contributed by atoms with Crippen molar-refractivity contribution in [3.63, 3.8) is 0 Å². The number of hydrogen-bond donors (Lipinski definition) is 1. The number of halogens is 1. The van der Waals surface area contributed by atoms with Crippen molar-refractivity contribution in [3.8, 4) is 0 Å². The van der Waals surface area contributed by atoms with Crippen molar-refractivity contribution >= 4 is 35.0 Å². The van der Waals surface area contributed by atoms with Crippen molar-refractivity contribution in [1.82, 2.24) is 19.7 Å². The van der Waals surface area contributed by atoms with Gasteiger partial charge in [0.25, 0.3) is 0 Å². The van der Waals surface area contributed by atoms with Gasteiger partial charge in [0.15, 0.2) is 5.16 Å². The van der Waals surface area contributed by atoms with E-state index in [0.717, 1.165) is 23.9 Å². The van der Waals surface area contributed by atoms with Crippen LogP contribution in [0.3, 0.4) is 0 Å². The molecule has 1 saturated heterocycles. The topological polar surface area (TPSA) is 63.1 Å². The lowest BCUT2D eigenvalue weighted by atomic mass is 10.1. The summed E-state index contributed by atoms with van der Waals surface area (Å²) in [6.07, 6.45) is 6.59. The third kappa shape index (κ3) is 6.09. The first kappa shape index (κ1) is 20.9. The van der Waals surface area contributed by atoms with Gasteiger partial charge in [-0.25, -0.2) is 0 Å². The number of rotatable bonds is 9. The molecule has 1 aliphatic rings. The maximum Gasteiger partial charge on any atom is 0.234 e. The Hall–Kier alpha value is -1.83. The highest BCUT2D eigenvalue weighted by molar-refractivity contribution is 7.99. The lowest BCUT2D eigenvalue weighted by Crippen LogP contribution is -2.32. The van der Waals surface area contributed by atoms with Gasteiger partial charge in [0.2, 0.25) is 5.91 Å². The van der Waals surface area contributed by atoms with Gasteiger partial charge in [-0.1, -0.05) is 41.9 Å². The number of carbonyl (C=O) groups is 1. The Labute approximate surface area is 175 Å². The lowest BCUT2D eigenvalue weighted by molar-refractivity contribution is -0.113. The van der Waals surface area contributed by atoms with Crippen molar-refractivity contribution < 1.29 is 4.79 Å². The van der Waals surface area contributed by atoms with Crippen molar-refractivity contribution in [2.75, 3.05) is 30.7 Å². The quantitative estimate of drug-likeness (QED) is 0.493. The Bertz CT molecular complexity index is 804. The molecule has 150 valence electrons. The van der Waals surface area contributed by atoms with Crippen LogP contribution >= 0.6 is 23.4 Å². The fourth-order valence-electron chi connectivity index (χ4n) is 3.26. The van der Waals surface area contributed by atoms with Crippen molar-refractivity contribution in [1.29, 1.82) is 0 Å². The highest BCUT2D eigenvalue weighted by atomic mass is 35.5. The van der Waals surface area contributed by atoms with Gasteiger partial charge >= 0.3 is 0 Å². The van der Waals surface area contributed by atoms with E-state index < -0.39 is 0 Å². The Balaban J connectivity index is 1.55. The molecule has 1 amide bonds. The third-order valence-corrected chi connectivity index (χ3v) is 5.85. The summed E-state index contributed by atoms with van der Waals surface area (Å²) < 4.78 is 2.05. The van der Waals surface area contributed by atoms with E-state index in [-0.39, 0.29) is 11.7 Å². The number of hydrogen-bond acceptors (Lipinski definition) is 5. The maximum absolute atomic E-state index is 12.2. The van der Waals surface area contributed by atoms with Gasteiger partial charge in [-0.3, -0.25) is 4.79 Å². The molecular weight excluding hydrogens is 394 g/mol. The number of thioether (sulfide) groups is 1. The van der Waals surface area contributed by atoms with Crippen LogP contribution in [0.2, 0.25) is 5.02 Å². The Kier molecular flexibility index (Phi) is 7.94. The fraction of sp³-hybridized carbons (Fsp3) is 0.450. The summed E-state index contributed by atoms with van der Waals surface area (Å²) in [6.45, 7) is 7.81. The molecular formula is C20H26ClN5OS. The zero-order chi connectivity index (χ0) is 19.8. The zero-order valence-electron chi connectivity index (χ0n) is 15.9. The van der Waals surface area contributed by atoms with E-state index in [4.69, 9.17) is 11.6 Å². The molecule has 0 spiro atoms. The number of likely N-dealkylation sites (tertiary alicyclic amines) is 1. The molecule has 0 bridgehead atoms. The predicted octanol–water partition coefficient (Wildman–Crippen LogP) is 3.88. The van der Waals surface area contributed by atoms with Crippen LogP contribution in [0.4, 0.5) is 5.69 Å². The molecule has 0 radical (unpaired) electrons. The van der Waals surface area contributed by atoms with Crippen LogP contribution in [-0.2, 0) is 17.8 Å². The number of benzene rings is 1. The maximum atomic E-state index is 12.2. The molecule has 1 N–H and O–H groups in total. The average Bonchev–Trinajstić information content (AvgIpc) is 3.08. The molecule has 1 aromatic carbocycles. The molecule has 1 aliphatic heterocycles. The molecule has 0 saturated carbocycles. The van der Waals surface area contributed by atoms with E-state index in [1.165, 1.54) is 44.1 Å². The van der Waals surface area contributed by atoms with Crippen LogP contribution in [0.15, 0.2) is 42.1 Å². The highest BCUT2D eigenvalue weighted by Gasteiger charge is 2.16. The summed E-state index contributed by atoms with van der Waals surface area (Å²) >= 11 is 7.34. The third-order valence-electron chi connectivity index (χ3n) is 4.65. The minimum absolute atomic E-state index is 0.102. The summed E-state index contributed by atoms with van der Waals surface area (Å²) in [5, 5.41) is 12.8. The molecule has 1 fully saturated rings. The summed E-state index contributed by atoms with van der Waals surface area (Å²) in [5.41, 5.74) is 0.688. The summed E-state index contributed by atoms with van der Waals surface area (Å²) in [5.74, 6) is 1.10. The van der Waals surface area contributed by atoms with E-state index in [1.54, 1.807) is 18.2 Å². The number of piperidine rings is 1. The summed E-state index contributed by atoms with van der Waals surface area (Å²) in [4.78, 5) is 14.7. The minimum Gasteiger partial charge on any atom is -0.325 e. The van der Waals surface area contributed by atoms with Crippen molar-refractivity contribution in [2.24, 2.45) is 0 Å². The number of amides is 1. The largest absolute Gasteiger partial charge is 0.325 e. The van der Waals surface area contributed by atoms with E-state index in [1.807, 2.05) is 16.7 Å². The Morgan fingerprint density at radius 1 is 1.29 bits per heavy atom. The van der Waals surface area contributed by atoms with Gasteiger partial charge in [0, 0.05) is 30.2 Å². The normalized spacial score (nSPS) is 14.8. The van der Waals surface area contributed by atoms with Crippen LogP contribution in [0, 0.1) is 0 Å². The van der Waals surface area contributed by atoms with E-state index in [0.29, 0.717) is 17.3 Å². The highest BCUT2D eigenvalue weighted by Crippen LogP contribution is 2.20. The number of allylic oxidation sites excluding steroid dienone is 1. The summed E-state index contributed by atoms with van der Waals surface area (Å²) in [7, 11) is 0. The Morgan fingerprint density at radius 2 is 2.11 bits per heavy atom. The van der Waals surface area contributed by atoms with Gasteiger partial charge in [-0.2, -0.15) is 0 Å². The van der Waals surface area contributed by atoms with Crippen LogP contribution < -0.4 is 5.32 Å². The molecule has 0 unspecified atom stereocenters. The summed E-state index contributed by atoms with van der Waals surface area (Å²) in [6, 6.07) is 7.12. The first-order chi connectivity index (χ1) is 13.7. The molecule has 1 aromatic heterocycles. The lowest BCUT2D eigenvalue weighted by Gasteiger charge is -2.26. The van der Waals surface area contributed by atoms with Gasteiger partial charge < -0.3 is 14.8 Å². The van der Waals surface area contributed by atoms with E-state index in [9.17, 15) is 4.79 Å². The second-order valence-electron chi connectivity index (χ2n) is 6.80. The minimum atomic E-state index is -0.102. The monoisotopic (exact) mass is 419 g/mol. The van der Waals surface area contributed by atoms with Crippen LogP contribution in [0.5, 0.6) is 0 Å². The van der Waals surface area contributed by atoms with Crippen LogP contribution in [0.1, 0.15) is 25.1 Å². The number of carbonyl (C=O) groups excluding carboxylic acids is 1. The molecule has 28 heavy (non-hydrogen) atoms. The van der Waals surface area contributed by atoms with Crippen molar-refractivity contribution in [2.45, 2.75) is 37.4 Å². The molecule has 3 rings (SSSR count). The van der Waals surface area contributed by atoms with Crippen LogP contribution in [-0.4, -0.2) is 51.0 Å². The molecule has 8 heteroatoms. The average molecular weight is 420 g/mol. The molecule has 2 heterocycles. The predicted molar refractivity (Wildman–Crippen MR) is 115 cm³/mol. The molecule has 0 aliphatic carbocycles. The molecule has 0 atom stereocenters. The van der Waals surface area contributed by atoms with E-state index >= 15 is 0 Å². The molecule has 6 nitrogen and oxygen atoms in total. The molecule has 2 aromatic rings. The number of nitrogens with zero attached hydrogens (tertiary/aromatic N) is 4. The smallest absolute Gasteiger partial charge is 0.234 e. The van der Waals surface area contributed by atoms with Gasteiger partial charge in [0.05, 0.1) is 5.75 Å². The number of anilines is 1. The Morgan fingerprint density at radius 3 is 2.86 bits per heavy atom. The van der Waals surface area contributed by atoms with Crippen LogP contribution in [0.25, 0.3) is 0 Å².